The molecule has 0 N–H and O–H groups in total. The van der Waals surface area contributed by atoms with Gasteiger partial charge in [0.1, 0.15) is 11.2 Å². The fraction of sp³-hybridized carbons (Fsp3) is 0. The summed E-state index contributed by atoms with van der Waals surface area (Å²) >= 11 is 0. The third kappa shape index (κ3) is 3.10. The molecule has 0 spiro atoms. The first-order valence-electron chi connectivity index (χ1n) is 12.7. The number of aromatic nitrogens is 3. The van der Waals surface area contributed by atoms with E-state index in [1.807, 2.05) is 48.5 Å². The van der Waals surface area contributed by atoms with E-state index in [2.05, 4.69) is 83.4 Å². The first-order valence-corrected chi connectivity index (χ1v) is 12.7. The number of benzene rings is 5. The van der Waals surface area contributed by atoms with E-state index in [-0.39, 0.29) is 0 Å². The predicted molar refractivity (Wildman–Crippen MR) is 155 cm³/mol. The van der Waals surface area contributed by atoms with Crippen LogP contribution < -0.4 is 0 Å². The van der Waals surface area contributed by atoms with Gasteiger partial charge in [-0.2, -0.15) is 0 Å². The molecule has 3 heterocycles. The largest absolute Gasteiger partial charge is 0.456 e. The monoisotopic (exact) mass is 487 g/mol. The van der Waals surface area contributed by atoms with Gasteiger partial charge in [0.25, 0.3) is 0 Å². The molecule has 5 aromatic carbocycles. The minimum Gasteiger partial charge on any atom is -0.456 e. The second-order valence-corrected chi connectivity index (χ2v) is 9.45. The average Bonchev–Trinajstić information content (AvgIpc) is 3.53. The van der Waals surface area contributed by atoms with E-state index in [1.54, 1.807) is 0 Å². The first-order chi connectivity index (χ1) is 18.8. The summed E-state index contributed by atoms with van der Waals surface area (Å²) in [6.45, 7) is 0. The van der Waals surface area contributed by atoms with Gasteiger partial charge in [-0.3, -0.25) is 4.57 Å². The van der Waals surface area contributed by atoms with E-state index in [0.717, 1.165) is 66.3 Å². The highest BCUT2D eigenvalue weighted by atomic mass is 16.3. The van der Waals surface area contributed by atoms with Gasteiger partial charge in [-0.15, -0.1) is 0 Å². The fourth-order valence-electron chi connectivity index (χ4n) is 5.54. The second kappa shape index (κ2) is 8.15. The zero-order valence-electron chi connectivity index (χ0n) is 20.4. The Morgan fingerprint density at radius 2 is 1.08 bits per heavy atom. The first kappa shape index (κ1) is 20.9. The van der Waals surface area contributed by atoms with Gasteiger partial charge in [0.2, 0.25) is 5.95 Å². The van der Waals surface area contributed by atoms with E-state index >= 15 is 0 Å². The van der Waals surface area contributed by atoms with E-state index in [0.29, 0.717) is 5.95 Å². The number of hydrogen-bond donors (Lipinski definition) is 0. The molecule has 0 aliphatic carbocycles. The molecule has 0 unspecified atom stereocenters. The van der Waals surface area contributed by atoms with Crippen LogP contribution in [0.4, 0.5) is 0 Å². The molecular weight excluding hydrogens is 466 g/mol. The van der Waals surface area contributed by atoms with E-state index in [4.69, 9.17) is 14.4 Å². The van der Waals surface area contributed by atoms with Crippen LogP contribution in [0.5, 0.6) is 0 Å². The highest BCUT2D eigenvalue weighted by Crippen LogP contribution is 2.41. The quantitative estimate of drug-likeness (QED) is 0.250. The van der Waals surface area contributed by atoms with E-state index in [9.17, 15) is 0 Å². The van der Waals surface area contributed by atoms with Crippen LogP contribution in [0.15, 0.2) is 132 Å². The van der Waals surface area contributed by atoms with Crippen molar-refractivity contribution in [2.45, 2.75) is 0 Å². The molecular formula is C34H21N3O. The molecule has 0 aliphatic heterocycles. The number of hydrogen-bond acceptors (Lipinski definition) is 3. The third-order valence-electron chi connectivity index (χ3n) is 7.23. The number of rotatable bonds is 3. The Kier molecular flexibility index (Phi) is 4.49. The Balaban J connectivity index is 1.51. The molecule has 0 bridgehead atoms. The molecule has 0 saturated carbocycles. The number of furan rings is 1. The Morgan fingerprint density at radius 1 is 0.474 bits per heavy atom. The molecule has 0 atom stereocenters. The van der Waals surface area contributed by atoms with Crippen molar-refractivity contribution < 1.29 is 4.42 Å². The molecule has 0 saturated heterocycles. The lowest BCUT2D eigenvalue weighted by atomic mass is 10.1. The molecule has 38 heavy (non-hydrogen) atoms. The van der Waals surface area contributed by atoms with Crippen molar-refractivity contribution >= 4 is 43.7 Å². The zero-order valence-corrected chi connectivity index (χ0v) is 20.4. The van der Waals surface area contributed by atoms with Crippen molar-refractivity contribution in [3.63, 3.8) is 0 Å². The molecule has 178 valence electrons. The lowest BCUT2D eigenvalue weighted by Crippen LogP contribution is -2.03. The molecule has 4 heteroatoms. The summed E-state index contributed by atoms with van der Waals surface area (Å²) in [4.78, 5) is 10.3. The topological polar surface area (TPSA) is 43.9 Å². The molecule has 8 rings (SSSR count). The van der Waals surface area contributed by atoms with Crippen LogP contribution in [-0.4, -0.2) is 14.5 Å². The predicted octanol–water partition coefficient (Wildman–Crippen LogP) is 8.81. The summed E-state index contributed by atoms with van der Waals surface area (Å²) < 4.78 is 8.42. The molecule has 0 aliphatic rings. The summed E-state index contributed by atoms with van der Waals surface area (Å²) in [6.07, 6.45) is 0. The van der Waals surface area contributed by atoms with Crippen molar-refractivity contribution in [1.82, 2.24) is 14.5 Å². The van der Waals surface area contributed by atoms with Gasteiger partial charge in [-0.1, -0.05) is 97.1 Å². The van der Waals surface area contributed by atoms with Crippen LogP contribution in [0.25, 0.3) is 72.2 Å². The lowest BCUT2D eigenvalue weighted by Gasteiger charge is -2.11. The third-order valence-corrected chi connectivity index (χ3v) is 7.23. The highest BCUT2D eigenvalue weighted by Gasteiger charge is 2.20. The van der Waals surface area contributed by atoms with Crippen molar-refractivity contribution in [3.05, 3.63) is 127 Å². The summed E-state index contributed by atoms with van der Waals surface area (Å²) in [7, 11) is 0. The molecule has 0 radical (unpaired) electrons. The molecule has 0 amide bonds. The van der Waals surface area contributed by atoms with Crippen LogP contribution in [0.1, 0.15) is 0 Å². The smallest absolute Gasteiger partial charge is 0.235 e. The van der Waals surface area contributed by atoms with Gasteiger partial charge >= 0.3 is 0 Å². The van der Waals surface area contributed by atoms with Crippen LogP contribution >= 0.6 is 0 Å². The van der Waals surface area contributed by atoms with Gasteiger partial charge < -0.3 is 4.42 Å². The Morgan fingerprint density at radius 3 is 1.79 bits per heavy atom. The van der Waals surface area contributed by atoms with Crippen LogP contribution in [0.3, 0.4) is 0 Å². The molecule has 8 aromatic rings. The lowest BCUT2D eigenvalue weighted by molar-refractivity contribution is 0.669. The fourth-order valence-corrected chi connectivity index (χ4v) is 5.54. The van der Waals surface area contributed by atoms with Crippen molar-refractivity contribution in [2.24, 2.45) is 0 Å². The summed E-state index contributed by atoms with van der Waals surface area (Å²) in [6, 6.07) is 43.6. The summed E-state index contributed by atoms with van der Waals surface area (Å²) in [5.74, 6) is 0.642. The van der Waals surface area contributed by atoms with E-state index in [1.165, 1.54) is 0 Å². The molecule has 0 fully saturated rings. The molecule has 4 nitrogen and oxygen atoms in total. The maximum atomic E-state index is 6.24. The standard InChI is InChI=1S/C34H21N3O/c1-3-11-22(12-4-1)26-21-27(23-13-5-2-6-14-23)36-34(35-26)37-28-17-9-7-15-24(28)32-29(37)19-20-31-33(32)25-16-8-10-18-30(25)38-31/h1-21H. The van der Waals surface area contributed by atoms with Crippen molar-refractivity contribution in [2.75, 3.05) is 0 Å². The zero-order chi connectivity index (χ0) is 25.1. The van der Waals surface area contributed by atoms with Gasteiger partial charge in [-0.05, 0) is 30.3 Å². The van der Waals surface area contributed by atoms with Crippen LogP contribution in [-0.2, 0) is 0 Å². The number of fused-ring (bicyclic) bond motifs is 7. The number of para-hydroxylation sites is 2. The van der Waals surface area contributed by atoms with Gasteiger partial charge in [-0.25, -0.2) is 9.97 Å². The Hall–Kier alpha value is -5.22. The van der Waals surface area contributed by atoms with Crippen LogP contribution in [0, 0.1) is 0 Å². The summed E-state index contributed by atoms with van der Waals surface area (Å²) in [5, 5.41) is 4.53. The van der Waals surface area contributed by atoms with E-state index < -0.39 is 0 Å². The van der Waals surface area contributed by atoms with Crippen LogP contribution in [0.2, 0.25) is 0 Å². The highest BCUT2D eigenvalue weighted by molar-refractivity contribution is 6.27. The normalized spacial score (nSPS) is 11.7. The Bertz CT molecular complexity index is 2070. The second-order valence-electron chi connectivity index (χ2n) is 9.45. The maximum absolute atomic E-state index is 6.24. The molecule has 3 aromatic heterocycles. The van der Waals surface area contributed by atoms with Gasteiger partial charge in [0, 0.05) is 32.7 Å². The minimum atomic E-state index is 0.642. The Labute approximate surface area is 218 Å². The average molecular weight is 488 g/mol. The number of nitrogens with zero attached hydrogens (tertiary/aromatic N) is 3. The van der Waals surface area contributed by atoms with Gasteiger partial charge in [0.05, 0.1) is 22.4 Å². The van der Waals surface area contributed by atoms with Crippen molar-refractivity contribution in [1.29, 1.82) is 0 Å². The summed E-state index contributed by atoms with van der Waals surface area (Å²) in [5.41, 5.74) is 7.75. The van der Waals surface area contributed by atoms with Gasteiger partial charge in [0.15, 0.2) is 0 Å². The minimum absolute atomic E-state index is 0.642. The van der Waals surface area contributed by atoms with Crippen molar-refractivity contribution in [3.8, 4) is 28.5 Å². The SMILES string of the molecule is c1ccc(-c2cc(-c3ccccc3)nc(-n3c4ccccc4c4c5c(ccc43)oc3ccccc35)n2)cc1. The maximum Gasteiger partial charge on any atom is 0.235 e.